The maximum atomic E-state index is 11.6. The summed E-state index contributed by atoms with van der Waals surface area (Å²) < 4.78 is 10.4. The Labute approximate surface area is 157 Å². The standard InChI is InChI=1S/C15H32N4O3.HI/c1-7-16-14(18-10-12(22-6)15(2,3)4)19-11-13(20)17-8-9-21-5;/h12H,7-11H2,1-6H3,(H,17,20)(H2,16,18,19);1H. The second-order valence-corrected chi connectivity index (χ2v) is 6.01. The molecule has 0 heterocycles. The molecule has 0 aromatic rings. The predicted octanol–water partition coefficient (Wildman–Crippen LogP) is 0.983. The third-order valence-electron chi connectivity index (χ3n) is 3.06. The number of amides is 1. The van der Waals surface area contributed by atoms with E-state index in [1.807, 2.05) is 6.92 Å². The van der Waals surface area contributed by atoms with Crippen LogP contribution in [0, 0.1) is 5.41 Å². The fourth-order valence-electron chi connectivity index (χ4n) is 1.77. The lowest BCUT2D eigenvalue weighted by molar-refractivity contribution is -0.119. The van der Waals surface area contributed by atoms with E-state index in [4.69, 9.17) is 9.47 Å². The van der Waals surface area contributed by atoms with Gasteiger partial charge in [0.2, 0.25) is 5.91 Å². The average Bonchev–Trinajstić information content (AvgIpc) is 2.44. The Bertz CT molecular complexity index is 346. The minimum atomic E-state index is -0.131. The number of methoxy groups -OCH3 is 2. The minimum Gasteiger partial charge on any atom is -0.383 e. The van der Waals surface area contributed by atoms with Gasteiger partial charge in [0.1, 0.15) is 6.54 Å². The van der Waals surface area contributed by atoms with Crippen LogP contribution in [-0.4, -0.2) is 65.0 Å². The summed E-state index contributed by atoms with van der Waals surface area (Å²) in [5.74, 6) is 0.476. The average molecular weight is 444 g/mol. The number of guanidine groups is 1. The summed E-state index contributed by atoms with van der Waals surface area (Å²) in [6, 6.07) is 0. The molecule has 1 amide bonds. The van der Waals surface area contributed by atoms with Crippen LogP contribution in [0.15, 0.2) is 4.99 Å². The van der Waals surface area contributed by atoms with Crippen molar-refractivity contribution in [2.45, 2.75) is 33.8 Å². The lowest BCUT2D eigenvalue weighted by Crippen LogP contribution is -2.45. The fourth-order valence-corrected chi connectivity index (χ4v) is 1.77. The van der Waals surface area contributed by atoms with Gasteiger partial charge in [-0.3, -0.25) is 4.79 Å². The summed E-state index contributed by atoms with van der Waals surface area (Å²) in [6.45, 7) is 10.8. The number of aliphatic imine (C=N–C) groups is 1. The largest absolute Gasteiger partial charge is 0.383 e. The molecular formula is C15H33IN4O3. The first kappa shape index (κ1) is 24.6. The third-order valence-corrected chi connectivity index (χ3v) is 3.06. The number of halogens is 1. The van der Waals surface area contributed by atoms with Gasteiger partial charge in [0, 0.05) is 33.9 Å². The molecule has 0 saturated carbocycles. The van der Waals surface area contributed by atoms with Crippen LogP contribution in [0.3, 0.4) is 0 Å². The summed E-state index contributed by atoms with van der Waals surface area (Å²) in [5, 5.41) is 9.05. The molecule has 0 aliphatic carbocycles. The van der Waals surface area contributed by atoms with Gasteiger partial charge in [0.25, 0.3) is 0 Å². The molecule has 1 unspecified atom stereocenters. The SMILES string of the molecule is CCNC(=NCC(=O)NCCOC)NCC(OC)C(C)(C)C.I. The number of hydrogen-bond donors (Lipinski definition) is 3. The number of nitrogens with one attached hydrogen (secondary N) is 3. The monoisotopic (exact) mass is 444 g/mol. The highest BCUT2D eigenvalue weighted by atomic mass is 127. The van der Waals surface area contributed by atoms with Gasteiger partial charge >= 0.3 is 0 Å². The zero-order valence-corrected chi connectivity index (χ0v) is 17.5. The van der Waals surface area contributed by atoms with E-state index in [1.165, 1.54) is 0 Å². The van der Waals surface area contributed by atoms with Crippen molar-refractivity contribution in [3.05, 3.63) is 0 Å². The van der Waals surface area contributed by atoms with E-state index < -0.39 is 0 Å². The highest BCUT2D eigenvalue weighted by Gasteiger charge is 2.24. The molecule has 0 radical (unpaired) electrons. The summed E-state index contributed by atoms with van der Waals surface area (Å²) in [7, 11) is 3.30. The Morgan fingerprint density at radius 3 is 2.30 bits per heavy atom. The van der Waals surface area contributed by atoms with Crippen LogP contribution in [0.4, 0.5) is 0 Å². The van der Waals surface area contributed by atoms with E-state index in [2.05, 4.69) is 41.7 Å². The number of hydrogen-bond acceptors (Lipinski definition) is 4. The molecule has 23 heavy (non-hydrogen) atoms. The Kier molecular flexibility index (Phi) is 14.8. The topological polar surface area (TPSA) is 84.0 Å². The van der Waals surface area contributed by atoms with Crippen LogP contribution in [-0.2, 0) is 14.3 Å². The molecule has 1 atom stereocenters. The molecular weight excluding hydrogens is 411 g/mol. The van der Waals surface area contributed by atoms with E-state index in [0.29, 0.717) is 25.7 Å². The Morgan fingerprint density at radius 1 is 1.17 bits per heavy atom. The van der Waals surface area contributed by atoms with Crippen LogP contribution in [0.5, 0.6) is 0 Å². The molecule has 3 N–H and O–H groups in total. The van der Waals surface area contributed by atoms with Gasteiger partial charge < -0.3 is 25.4 Å². The van der Waals surface area contributed by atoms with Gasteiger partial charge in [-0.15, -0.1) is 24.0 Å². The van der Waals surface area contributed by atoms with Crippen molar-refractivity contribution in [3.8, 4) is 0 Å². The lowest BCUT2D eigenvalue weighted by Gasteiger charge is -2.30. The first-order valence-electron chi connectivity index (χ1n) is 7.65. The lowest BCUT2D eigenvalue weighted by atomic mass is 9.89. The molecule has 0 aliphatic heterocycles. The van der Waals surface area contributed by atoms with E-state index in [1.54, 1.807) is 14.2 Å². The zero-order chi connectivity index (χ0) is 17.0. The fraction of sp³-hybridized carbons (Fsp3) is 0.867. The summed E-state index contributed by atoms with van der Waals surface area (Å²) in [4.78, 5) is 15.9. The van der Waals surface area contributed by atoms with Gasteiger partial charge in [0.05, 0.1) is 12.7 Å². The highest BCUT2D eigenvalue weighted by Crippen LogP contribution is 2.20. The number of carbonyl (C=O) groups excluding carboxylic acids is 1. The third kappa shape index (κ3) is 12.5. The van der Waals surface area contributed by atoms with Crippen molar-refractivity contribution in [3.63, 3.8) is 0 Å². The van der Waals surface area contributed by atoms with Crippen LogP contribution < -0.4 is 16.0 Å². The molecule has 0 aromatic heterocycles. The van der Waals surface area contributed by atoms with Crippen molar-refractivity contribution in [2.24, 2.45) is 10.4 Å². The highest BCUT2D eigenvalue weighted by molar-refractivity contribution is 14.0. The van der Waals surface area contributed by atoms with Gasteiger partial charge in [-0.2, -0.15) is 0 Å². The van der Waals surface area contributed by atoms with Crippen molar-refractivity contribution < 1.29 is 14.3 Å². The number of rotatable bonds is 9. The quantitative estimate of drug-likeness (QED) is 0.214. The summed E-state index contributed by atoms with van der Waals surface area (Å²) >= 11 is 0. The van der Waals surface area contributed by atoms with Crippen LogP contribution in [0.2, 0.25) is 0 Å². The molecule has 0 bridgehead atoms. The summed E-state index contributed by atoms with van der Waals surface area (Å²) in [5.41, 5.74) is 0.0244. The molecule has 0 fully saturated rings. The minimum absolute atomic E-state index is 0. The van der Waals surface area contributed by atoms with Crippen LogP contribution >= 0.6 is 24.0 Å². The zero-order valence-electron chi connectivity index (χ0n) is 15.2. The maximum absolute atomic E-state index is 11.6. The Morgan fingerprint density at radius 2 is 1.83 bits per heavy atom. The maximum Gasteiger partial charge on any atom is 0.241 e. The second kappa shape index (κ2) is 13.8. The molecule has 0 rings (SSSR count). The molecule has 0 saturated heterocycles. The predicted molar refractivity (Wildman–Crippen MR) is 105 cm³/mol. The number of ether oxygens (including phenoxy) is 2. The Hall–Kier alpha value is -0.610. The van der Waals surface area contributed by atoms with Crippen LogP contribution in [0.1, 0.15) is 27.7 Å². The van der Waals surface area contributed by atoms with Gasteiger partial charge in [0.15, 0.2) is 5.96 Å². The van der Waals surface area contributed by atoms with Crippen molar-refractivity contribution in [2.75, 3.05) is 47.0 Å². The van der Waals surface area contributed by atoms with Crippen LogP contribution in [0.25, 0.3) is 0 Å². The van der Waals surface area contributed by atoms with Crippen molar-refractivity contribution in [1.82, 2.24) is 16.0 Å². The first-order chi connectivity index (χ1) is 10.3. The molecule has 0 aliphatic rings. The van der Waals surface area contributed by atoms with Gasteiger partial charge in [-0.25, -0.2) is 4.99 Å². The van der Waals surface area contributed by atoms with Crippen molar-refractivity contribution in [1.29, 1.82) is 0 Å². The van der Waals surface area contributed by atoms with Gasteiger partial charge in [-0.1, -0.05) is 20.8 Å². The second-order valence-electron chi connectivity index (χ2n) is 6.01. The molecule has 0 spiro atoms. The van der Waals surface area contributed by atoms with E-state index in [0.717, 1.165) is 6.54 Å². The van der Waals surface area contributed by atoms with E-state index >= 15 is 0 Å². The molecule has 7 nitrogen and oxygen atoms in total. The molecule has 0 aromatic carbocycles. The van der Waals surface area contributed by atoms with E-state index in [-0.39, 0.29) is 47.9 Å². The van der Waals surface area contributed by atoms with Gasteiger partial charge in [-0.05, 0) is 12.3 Å². The molecule has 8 heteroatoms. The van der Waals surface area contributed by atoms with Crippen molar-refractivity contribution >= 4 is 35.8 Å². The number of nitrogens with zero attached hydrogens (tertiary/aromatic N) is 1. The van der Waals surface area contributed by atoms with E-state index in [9.17, 15) is 4.79 Å². The summed E-state index contributed by atoms with van der Waals surface area (Å²) in [6.07, 6.45) is 0.0480. The Balaban J connectivity index is 0. The smallest absolute Gasteiger partial charge is 0.241 e. The molecule has 138 valence electrons. The first-order valence-corrected chi connectivity index (χ1v) is 7.65. The number of carbonyl (C=O) groups is 1. The normalized spacial score (nSPS) is 13.0.